The Balaban J connectivity index is 2.24. The number of carbonyl (C=O) groups is 1. The third-order valence-corrected chi connectivity index (χ3v) is 4.97. The molecule has 2 nitrogen and oxygen atoms in total. The lowest BCUT2D eigenvalue weighted by Crippen LogP contribution is -2.27. The Morgan fingerprint density at radius 1 is 1.59 bits per heavy atom. The molecule has 2 rings (SSSR count). The average Bonchev–Trinajstić information content (AvgIpc) is 2.79. The molecule has 1 aliphatic rings. The lowest BCUT2D eigenvalue weighted by molar-refractivity contribution is -0.121. The quantitative estimate of drug-likeness (QED) is 0.470. The second-order valence-corrected chi connectivity index (χ2v) is 7.23. The van der Waals surface area contributed by atoms with E-state index in [0.29, 0.717) is 15.8 Å². The summed E-state index contributed by atoms with van der Waals surface area (Å²) in [6.07, 6.45) is 3.54. The molecule has 1 aromatic rings. The van der Waals surface area contributed by atoms with Gasteiger partial charge in [0.2, 0.25) is 0 Å². The molecule has 0 aliphatic carbocycles. The molecule has 1 saturated heterocycles. The van der Waals surface area contributed by atoms with E-state index in [1.54, 1.807) is 22.3 Å². The molecule has 0 spiro atoms. The summed E-state index contributed by atoms with van der Waals surface area (Å²) >= 11 is 11.5. The number of amides is 1. The highest BCUT2D eigenvalue weighted by Gasteiger charge is 2.30. The predicted octanol–water partition coefficient (Wildman–Crippen LogP) is 3.90. The summed E-state index contributed by atoms with van der Waals surface area (Å²) in [6, 6.07) is 1.98. The monoisotopic (exact) mass is 345 g/mol. The Bertz CT molecular complexity index is 521. The van der Waals surface area contributed by atoms with Gasteiger partial charge in [0, 0.05) is 6.54 Å². The van der Waals surface area contributed by atoms with Gasteiger partial charge in [0.1, 0.15) is 4.32 Å². The van der Waals surface area contributed by atoms with Crippen LogP contribution in [0.25, 0.3) is 6.08 Å². The van der Waals surface area contributed by atoms with Crippen LogP contribution in [0, 0.1) is 0 Å². The summed E-state index contributed by atoms with van der Waals surface area (Å²) in [6.45, 7) is 4.09. The Morgan fingerprint density at radius 3 is 2.94 bits per heavy atom. The third kappa shape index (κ3) is 2.88. The number of thioether (sulfide) groups is 1. The number of rotatable bonds is 3. The molecule has 1 aromatic heterocycles. The van der Waals surface area contributed by atoms with E-state index in [-0.39, 0.29) is 5.91 Å². The zero-order chi connectivity index (χ0) is 12.4. The van der Waals surface area contributed by atoms with E-state index >= 15 is 0 Å². The summed E-state index contributed by atoms with van der Waals surface area (Å²) in [5, 5.41) is 1.99. The molecule has 0 unspecified atom stereocenters. The van der Waals surface area contributed by atoms with Crippen LogP contribution >= 0.6 is 51.2 Å². The number of carbonyl (C=O) groups excluding carboxylic acids is 1. The summed E-state index contributed by atoms with van der Waals surface area (Å²) in [4.78, 5) is 14.2. The molecule has 0 bridgehead atoms. The average molecular weight is 346 g/mol. The first-order chi connectivity index (χ1) is 8.11. The van der Waals surface area contributed by atoms with Gasteiger partial charge in [-0.05, 0) is 39.0 Å². The lowest BCUT2D eigenvalue weighted by atomic mass is 10.3. The van der Waals surface area contributed by atoms with E-state index in [9.17, 15) is 4.79 Å². The summed E-state index contributed by atoms with van der Waals surface area (Å²) in [5.41, 5.74) is 1.01. The van der Waals surface area contributed by atoms with Crippen molar-refractivity contribution in [3.8, 4) is 0 Å². The number of hydrogen-bond donors (Lipinski definition) is 0. The molecule has 6 heteroatoms. The van der Waals surface area contributed by atoms with E-state index in [0.717, 1.165) is 9.35 Å². The fourth-order valence-corrected chi connectivity index (χ4v) is 3.75. The second-order valence-electron chi connectivity index (χ2n) is 3.27. The number of thiocarbonyl (C=S) groups is 1. The molecule has 2 heterocycles. The molecule has 17 heavy (non-hydrogen) atoms. The van der Waals surface area contributed by atoms with Crippen LogP contribution in [-0.2, 0) is 4.79 Å². The fraction of sp³-hybridized carbons (Fsp3) is 0.0909. The van der Waals surface area contributed by atoms with Crippen molar-refractivity contribution in [3.05, 3.63) is 38.4 Å². The minimum absolute atomic E-state index is 0.0396. The number of halogens is 1. The van der Waals surface area contributed by atoms with E-state index in [4.69, 9.17) is 12.2 Å². The summed E-state index contributed by atoms with van der Waals surface area (Å²) < 4.78 is 1.64. The maximum Gasteiger partial charge on any atom is 0.266 e. The van der Waals surface area contributed by atoms with Crippen LogP contribution in [0.1, 0.15) is 5.56 Å². The third-order valence-electron chi connectivity index (χ3n) is 2.07. The maximum atomic E-state index is 12.0. The van der Waals surface area contributed by atoms with E-state index in [2.05, 4.69) is 22.5 Å². The van der Waals surface area contributed by atoms with Crippen molar-refractivity contribution in [1.29, 1.82) is 0 Å². The van der Waals surface area contributed by atoms with Crippen molar-refractivity contribution in [2.45, 2.75) is 0 Å². The van der Waals surface area contributed by atoms with Crippen LogP contribution in [0.5, 0.6) is 0 Å². The smallest absolute Gasteiger partial charge is 0.266 e. The van der Waals surface area contributed by atoms with Crippen molar-refractivity contribution in [3.63, 3.8) is 0 Å². The molecule has 0 radical (unpaired) electrons. The van der Waals surface area contributed by atoms with Gasteiger partial charge in [0.05, 0.1) is 8.69 Å². The molecule has 0 aromatic carbocycles. The molecular weight excluding hydrogens is 338 g/mol. The Kier molecular flexibility index (Phi) is 4.19. The normalized spacial score (nSPS) is 18.2. The van der Waals surface area contributed by atoms with E-state index < -0.39 is 0 Å². The molecule has 1 aliphatic heterocycles. The zero-order valence-corrected chi connectivity index (χ0v) is 12.7. The topological polar surface area (TPSA) is 20.3 Å². The van der Waals surface area contributed by atoms with Crippen molar-refractivity contribution in [2.24, 2.45) is 0 Å². The highest BCUT2D eigenvalue weighted by atomic mass is 79.9. The highest BCUT2D eigenvalue weighted by Crippen LogP contribution is 2.33. The minimum atomic E-state index is -0.0396. The van der Waals surface area contributed by atoms with Gasteiger partial charge < -0.3 is 0 Å². The first-order valence-corrected chi connectivity index (χ1v) is 7.62. The van der Waals surface area contributed by atoms with Crippen molar-refractivity contribution in [1.82, 2.24) is 4.90 Å². The van der Waals surface area contributed by atoms with Crippen molar-refractivity contribution < 1.29 is 4.79 Å². The molecule has 0 atom stereocenters. The van der Waals surface area contributed by atoms with Crippen molar-refractivity contribution >= 4 is 67.6 Å². The van der Waals surface area contributed by atoms with Crippen LogP contribution in [0.15, 0.2) is 32.8 Å². The highest BCUT2D eigenvalue weighted by molar-refractivity contribution is 9.11. The van der Waals surface area contributed by atoms with Crippen LogP contribution < -0.4 is 0 Å². The predicted molar refractivity (Wildman–Crippen MR) is 82.1 cm³/mol. The van der Waals surface area contributed by atoms with Crippen LogP contribution in [0.2, 0.25) is 0 Å². The number of nitrogens with zero attached hydrogens (tertiary/aromatic N) is 1. The SMILES string of the molecule is C=CCN1C(=O)C(=Cc2csc(Br)c2)SC1=S. The van der Waals surface area contributed by atoms with Gasteiger partial charge >= 0.3 is 0 Å². The zero-order valence-electron chi connectivity index (χ0n) is 8.68. The Labute approximate surface area is 122 Å². The molecular formula is C11H8BrNOS3. The van der Waals surface area contributed by atoms with Crippen LogP contribution in [-0.4, -0.2) is 21.7 Å². The fourth-order valence-electron chi connectivity index (χ4n) is 1.34. The minimum Gasteiger partial charge on any atom is -0.289 e. The van der Waals surface area contributed by atoms with Gasteiger partial charge in [-0.2, -0.15) is 0 Å². The number of hydrogen-bond acceptors (Lipinski definition) is 4. The molecule has 1 amide bonds. The first-order valence-electron chi connectivity index (χ1n) is 4.72. The van der Waals surface area contributed by atoms with Crippen LogP contribution in [0.3, 0.4) is 0 Å². The van der Waals surface area contributed by atoms with Crippen molar-refractivity contribution in [2.75, 3.05) is 6.54 Å². The van der Waals surface area contributed by atoms with Crippen LogP contribution in [0.4, 0.5) is 0 Å². The Morgan fingerprint density at radius 2 is 2.35 bits per heavy atom. The standard InChI is InChI=1S/C11H8BrNOS3/c1-2-3-13-10(14)8(17-11(13)15)4-7-5-9(12)16-6-7/h2,4-6H,1,3H2. The van der Waals surface area contributed by atoms with E-state index in [1.807, 2.05) is 17.5 Å². The molecule has 0 saturated carbocycles. The molecule has 1 fully saturated rings. The first kappa shape index (κ1) is 13.0. The van der Waals surface area contributed by atoms with E-state index in [1.165, 1.54) is 11.8 Å². The molecule has 0 N–H and O–H groups in total. The van der Waals surface area contributed by atoms with Gasteiger partial charge in [0.25, 0.3) is 5.91 Å². The lowest BCUT2D eigenvalue weighted by Gasteiger charge is -2.10. The Hall–Kier alpha value is -0.430. The van der Waals surface area contributed by atoms with Gasteiger partial charge in [-0.15, -0.1) is 17.9 Å². The van der Waals surface area contributed by atoms with Gasteiger partial charge in [0.15, 0.2) is 0 Å². The second kappa shape index (κ2) is 5.48. The maximum absolute atomic E-state index is 12.0. The molecule has 88 valence electrons. The van der Waals surface area contributed by atoms with Gasteiger partial charge in [-0.3, -0.25) is 9.69 Å². The largest absolute Gasteiger partial charge is 0.289 e. The number of thiophene rings is 1. The summed E-state index contributed by atoms with van der Waals surface area (Å²) in [7, 11) is 0. The summed E-state index contributed by atoms with van der Waals surface area (Å²) in [5.74, 6) is -0.0396. The van der Waals surface area contributed by atoms with Gasteiger partial charge in [-0.25, -0.2) is 0 Å². The van der Waals surface area contributed by atoms with Gasteiger partial charge in [-0.1, -0.05) is 30.1 Å².